The maximum absolute atomic E-state index is 6.06. The number of rotatable bonds is 3. The molecule has 0 radical (unpaired) electrons. The molecule has 94 valence electrons. The molecule has 1 aromatic carbocycles. The topological polar surface area (TPSA) is 38.5 Å². The monoisotopic (exact) mass is 234 g/mol. The van der Waals surface area contributed by atoms with E-state index in [0.29, 0.717) is 0 Å². The smallest absolute Gasteiger partial charge is 0.119 e. The van der Waals surface area contributed by atoms with E-state index in [0.717, 1.165) is 18.8 Å². The molecule has 1 fully saturated rings. The summed E-state index contributed by atoms with van der Waals surface area (Å²) in [4.78, 5) is 2.45. The third-order valence-electron chi connectivity index (χ3n) is 3.42. The minimum absolute atomic E-state index is 0.0435. The van der Waals surface area contributed by atoms with Gasteiger partial charge >= 0.3 is 0 Å². The summed E-state index contributed by atoms with van der Waals surface area (Å²) in [6.45, 7) is 4.32. The predicted octanol–water partition coefficient (Wildman–Crippen LogP) is 2.71. The summed E-state index contributed by atoms with van der Waals surface area (Å²) >= 11 is 0. The number of nitrogens with zero attached hydrogens (tertiary/aromatic N) is 1. The Bertz CT molecular complexity index is 370. The van der Waals surface area contributed by atoms with Crippen LogP contribution in [0.5, 0.6) is 5.75 Å². The number of ether oxygens (including phenoxy) is 1. The first-order valence-electron chi connectivity index (χ1n) is 6.41. The minimum Gasteiger partial charge on any atom is -0.497 e. The van der Waals surface area contributed by atoms with Crippen LogP contribution in [0, 0.1) is 0 Å². The van der Waals surface area contributed by atoms with Gasteiger partial charge in [-0.15, -0.1) is 0 Å². The molecule has 0 aliphatic carbocycles. The summed E-state index contributed by atoms with van der Waals surface area (Å²) < 4.78 is 5.27. The van der Waals surface area contributed by atoms with Gasteiger partial charge < -0.3 is 15.4 Å². The lowest BCUT2D eigenvalue weighted by Gasteiger charge is -2.31. The molecule has 1 aliphatic heterocycles. The molecule has 1 saturated heterocycles. The molecule has 2 N–H and O–H groups in total. The highest BCUT2D eigenvalue weighted by atomic mass is 16.5. The molecule has 1 atom stereocenters. The average Bonchev–Trinajstić information content (AvgIpc) is 2.39. The van der Waals surface area contributed by atoms with Crippen LogP contribution < -0.4 is 15.4 Å². The van der Waals surface area contributed by atoms with Crippen LogP contribution in [0.1, 0.15) is 37.8 Å². The van der Waals surface area contributed by atoms with Gasteiger partial charge in [-0.2, -0.15) is 0 Å². The van der Waals surface area contributed by atoms with Gasteiger partial charge in [-0.3, -0.25) is 0 Å². The maximum atomic E-state index is 6.06. The molecule has 17 heavy (non-hydrogen) atoms. The highest BCUT2D eigenvalue weighted by molar-refractivity contribution is 5.57. The number of anilines is 1. The van der Waals surface area contributed by atoms with E-state index in [1.54, 1.807) is 7.11 Å². The van der Waals surface area contributed by atoms with Gasteiger partial charge in [0.15, 0.2) is 0 Å². The van der Waals surface area contributed by atoms with Crippen molar-refractivity contribution in [3.63, 3.8) is 0 Å². The summed E-state index contributed by atoms with van der Waals surface area (Å²) in [5.74, 6) is 0.887. The molecule has 1 aromatic rings. The molecular weight excluding hydrogens is 212 g/mol. The minimum atomic E-state index is 0.0435. The number of hydrogen-bond donors (Lipinski definition) is 1. The van der Waals surface area contributed by atoms with Crippen molar-refractivity contribution in [1.29, 1.82) is 0 Å². The molecule has 0 amide bonds. The summed E-state index contributed by atoms with van der Waals surface area (Å²) in [6.07, 6.45) is 3.91. The first-order valence-corrected chi connectivity index (χ1v) is 6.41. The van der Waals surface area contributed by atoms with E-state index < -0.39 is 0 Å². The molecule has 1 heterocycles. The van der Waals surface area contributed by atoms with E-state index in [-0.39, 0.29) is 6.04 Å². The van der Waals surface area contributed by atoms with Crippen molar-refractivity contribution in [2.24, 2.45) is 5.73 Å². The number of nitrogens with two attached hydrogens (primary N) is 1. The number of hydrogen-bond acceptors (Lipinski definition) is 3. The van der Waals surface area contributed by atoms with Crippen LogP contribution in [0.4, 0.5) is 5.69 Å². The third kappa shape index (κ3) is 2.72. The zero-order valence-corrected chi connectivity index (χ0v) is 10.8. The van der Waals surface area contributed by atoms with Crippen molar-refractivity contribution in [3.05, 3.63) is 23.8 Å². The first kappa shape index (κ1) is 12.2. The lowest BCUT2D eigenvalue weighted by atomic mass is 10.0. The second kappa shape index (κ2) is 5.41. The second-order valence-electron chi connectivity index (χ2n) is 4.76. The largest absolute Gasteiger partial charge is 0.497 e. The Hall–Kier alpha value is -1.22. The molecule has 0 bridgehead atoms. The van der Waals surface area contributed by atoms with E-state index in [4.69, 9.17) is 10.5 Å². The van der Waals surface area contributed by atoms with Gasteiger partial charge in [0.05, 0.1) is 7.11 Å². The standard InChI is InChI=1S/C14H22N2O/c1-11(15)13-10-12(17-2)6-7-14(13)16-8-4-3-5-9-16/h6-7,10-11H,3-5,8-9,15H2,1-2H3. The highest BCUT2D eigenvalue weighted by Crippen LogP contribution is 2.31. The quantitative estimate of drug-likeness (QED) is 0.874. The summed E-state index contributed by atoms with van der Waals surface area (Å²) in [6, 6.07) is 6.27. The summed E-state index contributed by atoms with van der Waals surface area (Å²) in [5.41, 5.74) is 8.53. The van der Waals surface area contributed by atoms with Crippen molar-refractivity contribution < 1.29 is 4.74 Å². The Morgan fingerprint density at radius 3 is 2.53 bits per heavy atom. The van der Waals surface area contributed by atoms with E-state index in [9.17, 15) is 0 Å². The fourth-order valence-electron chi connectivity index (χ4n) is 2.45. The Kier molecular flexibility index (Phi) is 3.89. The Morgan fingerprint density at radius 1 is 1.24 bits per heavy atom. The first-order chi connectivity index (χ1) is 8.22. The van der Waals surface area contributed by atoms with Crippen LogP contribution in [0.25, 0.3) is 0 Å². The fourth-order valence-corrected chi connectivity index (χ4v) is 2.45. The summed E-state index contributed by atoms with van der Waals surface area (Å²) in [7, 11) is 1.70. The van der Waals surface area contributed by atoms with Crippen molar-refractivity contribution in [3.8, 4) is 5.75 Å². The maximum Gasteiger partial charge on any atom is 0.119 e. The predicted molar refractivity (Wildman–Crippen MR) is 71.7 cm³/mol. The fraction of sp³-hybridized carbons (Fsp3) is 0.571. The zero-order chi connectivity index (χ0) is 12.3. The molecule has 1 aliphatic rings. The van der Waals surface area contributed by atoms with E-state index in [2.05, 4.69) is 17.0 Å². The lowest BCUT2D eigenvalue weighted by molar-refractivity contribution is 0.414. The normalized spacial score (nSPS) is 17.9. The van der Waals surface area contributed by atoms with Crippen LogP contribution in [-0.4, -0.2) is 20.2 Å². The van der Waals surface area contributed by atoms with Crippen LogP contribution in [0.15, 0.2) is 18.2 Å². The van der Waals surface area contributed by atoms with Gasteiger partial charge in [0.25, 0.3) is 0 Å². The highest BCUT2D eigenvalue weighted by Gasteiger charge is 2.16. The molecule has 3 nitrogen and oxygen atoms in total. The third-order valence-corrected chi connectivity index (χ3v) is 3.42. The molecule has 3 heteroatoms. The van der Waals surface area contributed by atoms with E-state index in [1.165, 1.54) is 30.5 Å². The van der Waals surface area contributed by atoms with Gasteiger partial charge in [0.2, 0.25) is 0 Å². The lowest BCUT2D eigenvalue weighted by Crippen LogP contribution is -2.30. The van der Waals surface area contributed by atoms with Gasteiger partial charge in [-0.1, -0.05) is 0 Å². The second-order valence-corrected chi connectivity index (χ2v) is 4.76. The van der Waals surface area contributed by atoms with Crippen molar-refractivity contribution in [1.82, 2.24) is 0 Å². The SMILES string of the molecule is COc1ccc(N2CCCCC2)c(C(C)N)c1. The van der Waals surface area contributed by atoms with Crippen LogP contribution in [0.2, 0.25) is 0 Å². The summed E-state index contributed by atoms with van der Waals surface area (Å²) in [5, 5.41) is 0. The van der Waals surface area contributed by atoms with Crippen LogP contribution >= 0.6 is 0 Å². The van der Waals surface area contributed by atoms with Crippen molar-refractivity contribution >= 4 is 5.69 Å². The number of piperidine rings is 1. The van der Waals surface area contributed by atoms with Gasteiger partial charge in [0.1, 0.15) is 5.75 Å². The zero-order valence-electron chi connectivity index (χ0n) is 10.8. The van der Waals surface area contributed by atoms with E-state index in [1.807, 2.05) is 13.0 Å². The van der Waals surface area contributed by atoms with Gasteiger partial charge in [-0.05, 0) is 49.9 Å². The molecular formula is C14H22N2O. The molecule has 0 aromatic heterocycles. The Labute approximate surface area is 104 Å². The molecule has 0 saturated carbocycles. The molecule has 1 unspecified atom stereocenters. The van der Waals surface area contributed by atoms with Crippen LogP contribution in [-0.2, 0) is 0 Å². The van der Waals surface area contributed by atoms with Crippen molar-refractivity contribution in [2.45, 2.75) is 32.2 Å². The number of benzene rings is 1. The Balaban J connectivity index is 2.31. The van der Waals surface area contributed by atoms with Gasteiger partial charge in [-0.25, -0.2) is 0 Å². The molecule has 0 spiro atoms. The number of methoxy groups -OCH3 is 1. The molecule has 2 rings (SSSR count). The average molecular weight is 234 g/mol. The Morgan fingerprint density at radius 2 is 1.94 bits per heavy atom. The van der Waals surface area contributed by atoms with Gasteiger partial charge in [0, 0.05) is 24.8 Å². The van der Waals surface area contributed by atoms with E-state index >= 15 is 0 Å². The van der Waals surface area contributed by atoms with Crippen molar-refractivity contribution in [2.75, 3.05) is 25.1 Å². The van der Waals surface area contributed by atoms with Crippen LogP contribution in [0.3, 0.4) is 0 Å².